The largest absolute Gasteiger partial charge is 0.495 e. The predicted molar refractivity (Wildman–Crippen MR) is 78.5 cm³/mol. The number of rotatable bonds is 6. The molecule has 0 saturated heterocycles. The minimum absolute atomic E-state index is 0.249. The van der Waals surface area contributed by atoms with Crippen molar-refractivity contribution in [3.8, 4) is 5.75 Å². The average Bonchev–Trinajstić information content (AvgIpc) is 2.92. The molecule has 0 fully saturated rings. The fourth-order valence-corrected chi connectivity index (χ4v) is 2.64. The maximum atomic E-state index is 5.36. The lowest BCUT2D eigenvalue weighted by atomic mass is 10.1. The number of anilines is 1. The first-order chi connectivity index (χ1) is 8.85. The molecule has 0 amide bonds. The lowest BCUT2D eigenvalue weighted by Crippen LogP contribution is -2.09. The number of hydrogen-bond acceptors (Lipinski definition) is 3. The molecule has 1 unspecified atom stereocenters. The van der Waals surface area contributed by atoms with Gasteiger partial charge in [-0.25, -0.2) is 0 Å². The highest BCUT2D eigenvalue weighted by Crippen LogP contribution is 2.31. The summed E-state index contributed by atoms with van der Waals surface area (Å²) in [5, 5.41) is 5.61. The van der Waals surface area contributed by atoms with Crippen molar-refractivity contribution < 1.29 is 4.74 Å². The van der Waals surface area contributed by atoms with Crippen molar-refractivity contribution in [2.24, 2.45) is 0 Å². The molecule has 0 aliphatic rings. The number of nitrogens with one attached hydrogen (secondary N) is 1. The highest BCUT2D eigenvalue weighted by Gasteiger charge is 2.12. The number of hydrogen-bond donors (Lipinski definition) is 1. The predicted octanol–water partition coefficient (Wildman–Crippen LogP) is 4.49. The first-order valence-corrected chi connectivity index (χ1v) is 6.77. The maximum absolute atomic E-state index is 5.36. The Hall–Kier alpha value is -1.74. The normalized spacial score (nSPS) is 11.8. The van der Waals surface area contributed by atoms with E-state index in [4.69, 9.17) is 4.74 Å². The quantitative estimate of drug-likeness (QED) is 0.772. The number of para-hydroxylation sites is 2. The van der Waals surface area contributed by atoms with Crippen LogP contribution in [0.1, 0.15) is 17.3 Å². The fraction of sp³-hybridized carbons (Fsp3) is 0.200. The molecule has 1 heterocycles. The summed E-state index contributed by atoms with van der Waals surface area (Å²) >= 11 is 1.75. The van der Waals surface area contributed by atoms with E-state index >= 15 is 0 Å². The molecule has 18 heavy (non-hydrogen) atoms. The second-order valence-electron chi connectivity index (χ2n) is 3.94. The molecule has 3 heteroatoms. The van der Waals surface area contributed by atoms with Crippen LogP contribution in [0.2, 0.25) is 0 Å². The van der Waals surface area contributed by atoms with E-state index in [1.165, 1.54) is 4.88 Å². The van der Waals surface area contributed by atoms with Crippen LogP contribution >= 0.6 is 11.3 Å². The smallest absolute Gasteiger partial charge is 0.141 e. The number of benzene rings is 1. The van der Waals surface area contributed by atoms with Gasteiger partial charge in [-0.2, -0.15) is 0 Å². The molecule has 2 aromatic rings. The second-order valence-corrected chi connectivity index (χ2v) is 4.92. The molecular weight excluding hydrogens is 242 g/mol. The van der Waals surface area contributed by atoms with Crippen molar-refractivity contribution in [3.63, 3.8) is 0 Å². The van der Waals surface area contributed by atoms with Gasteiger partial charge in [0.25, 0.3) is 0 Å². The maximum Gasteiger partial charge on any atom is 0.141 e. The topological polar surface area (TPSA) is 21.3 Å². The molecule has 0 saturated carbocycles. The third-order valence-electron chi connectivity index (χ3n) is 2.73. The van der Waals surface area contributed by atoms with Crippen LogP contribution in [0.3, 0.4) is 0 Å². The average molecular weight is 259 g/mol. The van der Waals surface area contributed by atoms with E-state index in [9.17, 15) is 0 Å². The van der Waals surface area contributed by atoms with E-state index in [2.05, 4.69) is 29.4 Å². The van der Waals surface area contributed by atoms with E-state index < -0.39 is 0 Å². The van der Waals surface area contributed by atoms with Gasteiger partial charge in [0.2, 0.25) is 0 Å². The Morgan fingerprint density at radius 2 is 2.17 bits per heavy atom. The van der Waals surface area contributed by atoms with Crippen LogP contribution in [-0.2, 0) is 0 Å². The minimum Gasteiger partial charge on any atom is -0.495 e. The highest BCUT2D eigenvalue weighted by atomic mass is 32.1. The lowest BCUT2D eigenvalue weighted by molar-refractivity contribution is 0.416. The number of methoxy groups -OCH3 is 1. The standard InChI is InChI=1S/C15H17NOS/c1-3-7-13(15-10-6-11-18-15)16-12-8-4-5-9-14(12)17-2/h3-6,8-11,13,16H,1,7H2,2H3. The molecule has 94 valence electrons. The van der Waals surface area contributed by atoms with Crippen LogP contribution in [0.4, 0.5) is 5.69 Å². The molecular formula is C15H17NOS. The molecule has 2 rings (SSSR count). The molecule has 0 aliphatic heterocycles. The van der Waals surface area contributed by atoms with Crippen molar-refractivity contribution in [3.05, 3.63) is 59.3 Å². The fourth-order valence-electron chi connectivity index (χ4n) is 1.85. The van der Waals surface area contributed by atoms with Gasteiger partial charge in [0.05, 0.1) is 18.8 Å². The third kappa shape index (κ3) is 2.93. The molecule has 1 N–H and O–H groups in total. The minimum atomic E-state index is 0.249. The van der Waals surface area contributed by atoms with Gasteiger partial charge >= 0.3 is 0 Å². The Morgan fingerprint density at radius 1 is 1.33 bits per heavy atom. The summed E-state index contributed by atoms with van der Waals surface area (Å²) in [5.74, 6) is 0.864. The van der Waals surface area contributed by atoms with Gasteiger partial charge in [-0.1, -0.05) is 24.3 Å². The Morgan fingerprint density at radius 3 is 2.83 bits per heavy atom. The van der Waals surface area contributed by atoms with Gasteiger partial charge < -0.3 is 10.1 Å². The van der Waals surface area contributed by atoms with E-state index in [-0.39, 0.29) is 6.04 Å². The lowest BCUT2D eigenvalue weighted by Gasteiger charge is -2.19. The summed E-state index contributed by atoms with van der Waals surface area (Å²) in [6.07, 6.45) is 2.82. The van der Waals surface area contributed by atoms with Crippen molar-refractivity contribution in [1.29, 1.82) is 0 Å². The van der Waals surface area contributed by atoms with E-state index in [1.54, 1.807) is 18.4 Å². The molecule has 0 spiro atoms. The van der Waals surface area contributed by atoms with Crippen LogP contribution in [0.5, 0.6) is 5.75 Å². The van der Waals surface area contributed by atoms with Gasteiger partial charge in [0.1, 0.15) is 5.75 Å². The molecule has 0 bridgehead atoms. The van der Waals surface area contributed by atoms with E-state index in [0.717, 1.165) is 17.9 Å². The summed E-state index contributed by atoms with van der Waals surface area (Å²) in [4.78, 5) is 1.31. The van der Waals surface area contributed by atoms with E-state index in [1.807, 2.05) is 30.3 Å². The van der Waals surface area contributed by atoms with Crippen molar-refractivity contribution in [2.75, 3.05) is 12.4 Å². The summed E-state index contributed by atoms with van der Waals surface area (Å²) in [6.45, 7) is 3.83. The Balaban J connectivity index is 2.21. The second kappa shape index (κ2) is 6.26. The molecule has 1 atom stereocenters. The number of ether oxygens (including phenoxy) is 1. The highest BCUT2D eigenvalue weighted by molar-refractivity contribution is 7.10. The summed E-state index contributed by atoms with van der Waals surface area (Å²) < 4.78 is 5.36. The summed E-state index contributed by atoms with van der Waals surface area (Å²) in [7, 11) is 1.69. The van der Waals surface area contributed by atoms with Crippen LogP contribution in [0.25, 0.3) is 0 Å². The Kier molecular flexibility index (Phi) is 4.42. The van der Waals surface area contributed by atoms with Crippen LogP contribution in [-0.4, -0.2) is 7.11 Å². The Bertz CT molecular complexity index is 493. The monoisotopic (exact) mass is 259 g/mol. The van der Waals surface area contributed by atoms with Gasteiger partial charge in [-0.3, -0.25) is 0 Å². The Labute approximate surface area is 112 Å². The van der Waals surface area contributed by atoms with Gasteiger partial charge in [0.15, 0.2) is 0 Å². The van der Waals surface area contributed by atoms with Crippen molar-refractivity contribution >= 4 is 17.0 Å². The number of thiophene rings is 1. The first kappa shape index (κ1) is 12.7. The van der Waals surface area contributed by atoms with Crippen molar-refractivity contribution in [2.45, 2.75) is 12.5 Å². The molecule has 0 radical (unpaired) electrons. The molecule has 0 aliphatic carbocycles. The zero-order valence-electron chi connectivity index (χ0n) is 10.4. The zero-order chi connectivity index (χ0) is 12.8. The molecule has 1 aromatic carbocycles. The van der Waals surface area contributed by atoms with Gasteiger partial charge in [-0.15, -0.1) is 17.9 Å². The van der Waals surface area contributed by atoms with Crippen LogP contribution in [0.15, 0.2) is 54.4 Å². The zero-order valence-corrected chi connectivity index (χ0v) is 11.2. The van der Waals surface area contributed by atoms with Crippen LogP contribution in [0, 0.1) is 0 Å². The van der Waals surface area contributed by atoms with E-state index in [0.29, 0.717) is 0 Å². The summed E-state index contributed by atoms with van der Waals surface area (Å²) in [6, 6.07) is 12.4. The summed E-state index contributed by atoms with van der Waals surface area (Å²) in [5.41, 5.74) is 1.01. The molecule has 2 nitrogen and oxygen atoms in total. The SMILES string of the molecule is C=CCC(Nc1ccccc1OC)c1cccs1. The van der Waals surface area contributed by atoms with Gasteiger partial charge in [0, 0.05) is 4.88 Å². The van der Waals surface area contributed by atoms with Crippen molar-refractivity contribution in [1.82, 2.24) is 0 Å². The molecule has 1 aromatic heterocycles. The van der Waals surface area contributed by atoms with Gasteiger partial charge in [-0.05, 0) is 30.0 Å². The van der Waals surface area contributed by atoms with Crippen LogP contribution < -0.4 is 10.1 Å². The third-order valence-corrected chi connectivity index (χ3v) is 3.71. The first-order valence-electron chi connectivity index (χ1n) is 5.89.